The zero-order valence-corrected chi connectivity index (χ0v) is 15.6. The molecule has 8 nitrogen and oxygen atoms in total. The van der Waals surface area contributed by atoms with Crippen molar-refractivity contribution in [3.05, 3.63) is 59.9 Å². The Labute approximate surface area is 162 Å². The Morgan fingerprint density at radius 1 is 1.04 bits per heavy atom. The van der Waals surface area contributed by atoms with Crippen LogP contribution in [0.15, 0.2) is 48.8 Å². The van der Waals surface area contributed by atoms with Gasteiger partial charge in [0.25, 0.3) is 11.8 Å². The predicted molar refractivity (Wildman–Crippen MR) is 108 cm³/mol. The molecule has 4 N–H and O–H groups in total. The number of ether oxygens (including phenoxy) is 1. The second-order valence-electron chi connectivity index (χ2n) is 6.17. The van der Waals surface area contributed by atoms with E-state index in [1.54, 1.807) is 55.9 Å². The summed E-state index contributed by atoms with van der Waals surface area (Å²) in [5.74, 6) is -0.445. The molecule has 2 amide bonds. The van der Waals surface area contributed by atoms with Crippen molar-refractivity contribution in [3.63, 3.8) is 0 Å². The molecule has 0 bridgehead atoms. The Morgan fingerprint density at radius 3 is 2.75 bits per heavy atom. The van der Waals surface area contributed by atoms with Gasteiger partial charge in [-0.15, -0.1) is 0 Å². The molecular weight excluding hydrogens is 358 g/mol. The van der Waals surface area contributed by atoms with Gasteiger partial charge in [0.15, 0.2) is 0 Å². The number of rotatable bonds is 9. The summed E-state index contributed by atoms with van der Waals surface area (Å²) in [6, 6.07) is 12.1. The molecule has 28 heavy (non-hydrogen) atoms. The highest BCUT2D eigenvalue weighted by Crippen LogP contribution is 2.15. The second-order valence-corrected chi connectivity index (χ2v) is 6.17. The fourth-order valence-electron chi connectivity index (χ4n) is 2.68. The molecule has 2 aromatic carbocycles. The van der Waals surface area contributed by atoms with Gasteiger partial charge in [-0.2, -0.15) is 0 Å². The van der Waals surface area contributed by atoms with Gasteiger partial charge in [-0.3, -0.25) is 9.59 Å². The average Bonchev–Trinajstić information content (AvgIpc) is 3.18. The summed E-state index contributed by atoms with van der Waals surface area (Å²) >= 11 is 0. The monoisotopic (exact) mass is 381 g/mol. The number of amides is 2. The number of anilines is 1. The number of H-pyrrole nitrogens is 1. The highest BCUT2D eigenvalue weighted by atomic mass is 16.5. The zero-order valence-electron chi connectivity index (χ0n) is 15.6. The van der Waals surface area contributed by atoms with Crippen LogP contribution < -0.4 is 16.0 Å². The molecule has 146 valence electrons. The Hall–Kier alpha value is -3.23. The number of hydrogen-bond donors (Lipinski definition) is 4. The van der Waals surface area contributed by atoms with Gasteiger partial charge in [0, 0.05) is 43.6 Å². The third kappa shape index (κ3) is 5.15. The quantitative estimate of drug-likeness (QED) is 0.423. The van der Waals surface area contributed by atoms with E-state index in [4.69, 9.17) is 4.74 Å². The van der Waals surface area contributed by atoms with Crippen molar-refractivity contribution in [2.45, 2.75) is 0 Å². The van der Waals surface area contributed by atoms with Crippen LogP contribution in [-0.2, 0) is 4.74 Å². The number of imidazole rings is 1. The van der Waals surface area contributed by atoms with Crippen LogP contribution in [0, 0.1) is 0 Å². The Balaban J connectivity index is 1.56. The molecule has 8 heteroatoms. The maximum atomic E-state index is 12.5. The highest BCUT2D eigenvalue weighted by Gasteiger charge is 2.10. The lowest BCUT2D eigenvalue weighted by molar-refractivity contribution is 0.0952. The Kier molecular flexibility index (Phi) is 6.72. The lowest BCUT2D eigenvalue weighted by Crippen LogP contribution is -2.33. The minimum atomic E-state index is -0.253. The fourth-order valence-corrected chi connectivity index (χ4v) is 2.68. The van der Waals surface area contributed by atoms with Gasteiger partial charge in [0.2, 0.25) is 0 Å². The van der Waals surface area contributed by atoms with Crippen LogP contribution in [0.25, 0.3) is 11.0 Å². The molecule has 0 spiro atoms. The third-order valence-electron chi connectivity index (χ3n) is 4.14. The first-order valence-electron chi connectivity index (χ1n) is 9.00. The van der Waals surface area contributed by atoms with Gasteiger partial charge in [-0.05, 0) is 36.4 Å². The largest absolute Gasteiger partial charge is 0.383 e. The lowest BCUT2D eigenvalue weighted by atomic mass is 10.1. The van der Waals surface area contributed by atoms with E-state index < -0.39 is 0 Å². The molecule has 0 saturated carbocycles. The van der Waals surface area contributed by atoms with Gasteiger partial charge >= 0.3 is 0 Å². The first-order chi connectivity index (χ1) is 13.7. The van der Waals surface area contributed by atoms with E-state index in [0.29, 0.717) is 36.5 Å². The van der Waals surface area contributed by atoms with Crippen LogP contribution in [-0.4, -0.2) is 55.1 Å². The summed E-state index contributed by atoms with van der Waals surface area (Å²) in [6.45, 7) is 2.52. The van der Waals surface area contributed by atoms with Crippen molar-refractivity contribution in [1.82, 2.24) is 20.6 Å². The first-order valence-corrected chi connectivity index (χ1v) is 9.00. The number of carbonyl (C=O) groups excluding carboxylic acids is 2. The lowest BCUT2D eigenvalue weighted by Gasteiger charge is -2.09. The molecule has 0 fully saturated rings. The van der Waals surface area contributed by atoms with Crippen molar-refractivity contribution in [2.75, 3.05) is 38.7 Å². The predicted octanol–water partition coefficient (Wildman–Crippen LogP) is 1.78. The normalized spacial score (nSPS) is 10.8. The number of benzene rings is 2. The summed E-state index contributed by atoms with van der Waals surface area (Å²) in [5.41, 5.74) is 3.14. The van der Waals surface area contributed by atoms with Crippen LogP contribution in [0.3, 0.4) is 0 Å². The molecule has 1 aromatic heterocycles. The molecular formula is C20H23N5O3. The fraction of sp³-hybridized carbons (Fsp3) is 0.250. The maximum absolute atomic E-state index is 12.5. The van der Waals surface area contributed by atoms with E-state index in [-0.39, 0.29) is 11.8 Å². The molecule has 3 aromatic rings. The smallest absolute Gasteiger partial charge is 0.255 e. The number of aromatic nitrogens is 2. The minimum Gasteiger partial charge on any atom is -0.383 e. The summed E-state index contributed by atoms with van der Waals surface area (Å²) in [4.78, 5) is 31.9. The molecule has 0 saturated heterocycles. The van der Waals surface area contributed by atoms with E-state index in [1.165, 1.54) is 0 Å². The minimum absolute atomic E-state index is 0.191. The molecule has 1 heterocycles. The number of hydrogen-bond acceptors (Lipinski definition) is 5. The standard InChI is InChI=1S/C20H23N5O3/c1-28-10-9-21-7-8-22-19(26)14-3-2-4-16(11-14)25-20(27)15-5-6-17-18(12-15)24-13-23-17/h2-6,11-13,21H,7-10H2,1H3,(H,22,26)(H,23,24)(H,25,27). The number of methoxy groups -OCH3 is 1. The van der Waals surface area contributed by atoms with Crippen LogP contribution in [0.1, 0.15) is 20.7 Å². The third-order valence-corrected chi connectivity index (χ3v) is 4.14. The SMILES string of the molecule is COCCNCCNC(=O)c1cccc(NC(=O)c2ccc3nc[nH]c3c2)c1. The van der Waals surface area contributed by atoms with Crippen LogP contribution in [0.2, 0.25) is 0 Å². The van der Waals surface area contributed by atoms with Crippen molar-refractivity contribution >= 4 is 28.5 Å². The van der Waals surface area contributed by atoms with Crippen molar-refractivity contribution in [2.24, 2.45) is 0 Å². The molecule has 0 unspecified atom stereocenters. The summed E-state index contributed by atoms with van der Waals surface area (Å²) in [7, 11) is 1.64. The highest BCUT2D eigenvalue weighted by molar-refractivity contribution is 6.06. The van der Waals surface area contributed by atoms with Crippen LogP contribution >= 0.6 is 0 Å². The van der Waals surface area contributed by atoms with Gasteiger partial charge < -0.3 is 25.7 Å². The van der Waals surface area contributed by atoms with Gasteiger partial charge in [0.1, 0.15) is 0 Å². The van der Waals surface area contributed by atoms with E-state index in [1.807, 2.05) is 0 Å². The summed E-state index contributed by atoms with van der Waals surface area (Å²) < 4.78 is 4.94. The second kappa shape index (κ2) is 9.63. The van der Waals surface area contributed by atoms with E-state index in [2.05, 4.69) is 25.9 Å². The van der Waals surface area contributed by atoms with Gasteiger partial charge in [0.05, 0.1) is 24.0 Å². The van der Waals surface area contributed by atoms with Crippen molar-refractivity contribution < 1.29 is 14.3 Å². The number of carbonyl (C=O) groups is 2. The van der Waals surface area contributed by atoms with E-state index in [0.717, 1.165) is 17.6 Å². The summed E-state index contributed by atoms with van der Waals surface area (Å²) in [6.07, 6.45) is 1.58. The van der Waals surface area contributed by atoms with E-state index >= 15 is 0 Å². The van der Waals surface area contributed by atoms with Crippen molar-refractivity contribution in [3.8, 4) is 0 Å². The van der Waals surface area contributed by atoms with Crippen LogP contribution in [0.4, 0.5) is 5.69 Å². The maximum Gasteiger partial charge on any atom is 0.255 e. The molecule has 0 atom stereocenters. The number of fused-ring (bicyclic) bond motifs is 1. The van der Waals surface area contributed by atoms with E-state index in [9.17, 15) is 9.59 Å². The van der Waals surface area contributed by atoms with Gasteiger partial charge in [-0.25, -0.2) is 4.98 Å². The first kappa shape index (κ1) is 19.5. The number of nitrogens with one attached hydrogen (secondary N) is 4. The van der Waals surface area contributed by atoms with Gasteiger partial charge in [-0.1, -0.05) is 6.07 Å². The number of nitrogens with zero attached hydrogens (tertiary/aromatic N) is 1. The molecule has 0 aliphatic carbocycles. The van der Waals surface area contributed by atoms with Crippen LogP contribution in [0.5, 0.6) is 0 Å². The number of aromatic amines is 1. The summed E-state index contributed by atoms with van der Waals surface area (Å²) in [5, 5.41) is 8.82. The Morgan fingerprint density at radius 2 is 1.89 bits per heavy atom. The Bertz CT molecular complexity index is 954. The van der Waals surface area contributed by atoms with Crippen molar-refractivity contribution in [1.29, 1.82) is 0 Å². The molecule has 3 rings (SSSR count). The molecule has 0 aliphatic rings. The molecule has 0 aliphatic heterocycles. The topological polar surface area (TPSA) is 108 Å². The zero-order chi connectivity index (χ0) is 19.8. The average molecular weight is 381 g/mol. The molecule has 0 radical (unpaired) electrons.